The lowest BCUT2D eigenvalue weighted by atomic mass is 10.0. The van der Waals surface area contributed by atoms with Crippen LogP contribution >= 0.6 is 27.7 Å². The van der Waals surface area contributed by atoms with E-state index in [4.69, 9.17) is 0 Å². The Morgan fingerprint density at radius 3 is 2.55 bits per heavy atom. The third kappa shape index (κ3) is 4.00. The maximum Gasteiger partial charge on any atom is 0.0234 e. The third-order valence-electron chi connectivity index (χ3n) is 4.41. The number of hydrogen-bond donors (Lipinski definition) is 0. The molecule has 0 saturated carbocycles. The SMILES string of the molecule is Brc1cccc(CN2CCC(N3CCSCC3)CC2)c1. The molecule has 2 nitrogen and oxygen atoms in total. The third-order valence-corrected chi connectivity index (χ3v) is 5.85. The van der Waals surface area contributed by atoms with Crippen molar-refractivity contribution in [1.29, 1.82) is 0 Å². The zero-order valence-corrected chi connectivity index (χ0v) is 14.3. The minimum absolute atomic E-state index is 0.842. The second kappa shape index (κ2) is 7.30. The van der Waals surface area contributed by atoms with E-state index in [1.807, 2.05) is 0 Å². The van der Waals surface area contributed by atoms with Crippen LogP contribution in [0, 0.1) is 0 Å². The first-order chi connectivity index (χ1) is 9.81. The number of likely N-dealkylation sites (tertiary alicyclic amines) is 1. The summed E-state index contributed by atoms with van der Waals surface area (Å²) in [6, 6.07) is 9.56. The Balaban J connectivity index is 1.48. The van der Waals surface area contributed by atoms with E-state index in [0.717, 1.165) is 12.6 Å². The normalized spacial score (nSPS) is 23.1. The van der Waals surface area contributed by atoms with E-state index < -0.39 is 0 Å². The lowest BCUT2D eigenvalue weighted by Gasteiger charge is -2.40. The van der Waals surface area contributed by atoms with Crippen molar-refractivity contribution in [3.63, 3.8) is 0 Å². The molecule has 3 rings (SSSR count). The van der Waals surface area contributed by atoms with Gasteiger partial charge in [-0.15, -0.1) is 0 Å². The van der Waals surface area contributed by atoms with Crippen molar-refractivity contribution in [2.75, 3.05) is 37.7 Å². The van der Waals surface area contributed by atoms with Crippen LogP contribution in [0.25, 0.3) is 0 Å². The van der Waals surface area contributed by atoms with Crippen LogP contribution in [0.3, 0.4) is 0 Å². The summed E-state index contributed by atoms with van der Waals surface area (Å²) in [5, 5.41) is 0. The molecular formula is C16H23BrN2S. The highest BCUT2D eigenvalue weighted by Gasteiger charge is 2.25. The molecule has 0 bridgehead atoms. The molecule has 20 heavy (non-hydrogen) atoms. The first-order valence-electron chi connectivity index (χ1n) is 7.60. The molecule has 1 aromatic carbocycles. The fourth-order valence-electron chi connectivity index (χ4n) is 3.28. The Labute approximate surface area is 135 Å². The number of hydrogen-bond acceptors (Lipinski definition) is 3. The largest absolute Gasteiger partial charge is 0.299 e. The maximum atomic E-state index is 3.56. The Bertz CT molecular complexity index is 426. The van der Waals surface area contributed by atoms with Crippen molar-refractivity contribution in [1.82, 2.24) is 9.80 Å². The molecular weight excluding hydrogens is 332 g/mol. The molecule has 0 spiro atoms. The van der Waals surface area contributed by atoms with Gasteiger partial charge in [-0.25, -0.2) is 0 Å². The summed E-state index contributed by atoms with van der Waals surface area (Å²) in [5.74, 6) is 2.66. The highest BCUT2D eigenvalue weighted by Crippen LogP contribution is 2.22. The van der Waals surface area contributed by atoms with Crippen molar-refractivity contribution in [3.8, 4) is 0 Å². The van der Waals surface area contributed by atoms with Crippen molar-refractivity contribution < 1.29 is 0 Å². The zero-order valence-electron chi connectivity index (χ0n) is 11.9. The van der Waals surface area contributed by atoms with E-state index in [1.165, 1.54) is 60.6 Å². The second-order valence-corrected chi connectivity index (χ2v) is 7.93. The Morgan fingerprint density at radius 1 is 1.10 bits per heavy atom. The number of piperidine rings is 1. The molecule has 0 unspecified atom stereocenters. The predicted molar refractivity (Wildman–Crippen MR) is 91.3 cm³/mol. The average molecular weight is 355 g/mol. The summed E-state index contributed by atoms with van der Waals surface area (Å²) < 4.78 is 1.19. The summed E-state index contributed by atoms with van der Waals surface area (Å²) >= 11 is 5.67. The van der Waals surface area contributed by atoms with Crippen LogP contribution in [0.2, 0.25) is 0 Å². The van der Waals surface area contributed by atoms with Crippen molar-refractivity contribution in [2.45, 2.75) is 25.4 Å². The summed E-state index contributed by atoms with van der Waals surface area (Å²) in [5.41, 5.74) is 1.42. The molecule has 2 fully saturated rings. The van der Waals surface area contributed by atoms with Crippen LogP contribution in [0.5, 0.6) is 0 Å². The van der Waals surface area contributed by atoms with Gasteiger partial charge in [-0.05, 0) is 43.6 Å². The standard InChI is InChI=1S/C16H23BrN2S/c17-15-3-1-2-14(12-15)13-18-6-4-16(5-7-18)19-8-10-20-11-9-19/h1-3,12,16H,4-11,13H2. The van der Waals surface area contributed by atoms with Gasteiger partial charge in [0.1, 0.15) is 0 Å². The summed E-state index contributed by atoms with van der Waals surface area (Å²) in [4.78, 5) is 5.34. The van der Waals surface area contributed by atoms with Gasteiger partial charge < -0.3 is 0 Å². The van der Waals surface area contributed by atoms with Crippen molar-refractivity contribution >= 4 is 27.7 Å². The van der Waals surface area contributed by atoms with Gasteiger partial charge in [0.15, 0.2) is 0 Å². The topological polar surface area (TPSA) is 6.48 Å². The molecule has 4 heteroatoms. The fourth-order valence-corrected chi connectivity index (χ4v) is 4.66. The van der Waals surface area contributed by atoms with Gasteiger partial charge in [0.25, 0.3) is 0 Å². The molecule has 2 aliphatic rings. The molecule has 0 aliphatic carbocycles. The molecule has 0 radical (unpaired) electrons. The fraction of sp³-hybridized carbons (Fsp3) is 0.625. The number of nitrogens with zero attached hydrogens (tertiary/aromatic N) is 2. The van der Waals surface area contributed by atoms with Gasteiger partial charge in [-0.1, -0.05) is 28.1 Å². The number of thioether (sulfide) groups is 1. The Kier molecular flexibility index (Phi) is 5.43. The molecule has 0 amide bonds. The monoisotopic (exact) mass is 354 g/mol. The molecule has 2 heterocycles. The van der Waals surface area contributed by atoms with E-state index >= 15 is 0 Å². The smallest absolute Gasteiger partial charge is 0.0234 e. The van der Waals surface area contributed by atoms with Crippen LogP contribution in [0.4, 0.5) is 0 Å². The molecule has 0 atom stereocenters. The number of halogens is 1. The average Bonchev–Trinajstić information content (AvgIpc) is 2.49. The van der Waals surface area contributed by atoms with Crippen LogP contribution < -0.4 is 0 Å². The van der Waals surface area contributed by atoms with Gasteiger partial charge >= 0.3 is 0 Å². The number of benzene rings is 1. The van der Waals surface area contributed by atoms with E-state index in [2.05, 4.69) is 61.8 Å². The van der Waals surface area contributed by atoms with Gasteiger partial charge in [0, 0.05) is 41.7 Å². The molecule has 110 valence electrons. The van der Waals surface area contributed by atoms with E-state index in [9.17, 15) is 0 Å². The number of rotatable bonds is 3. The highest BCUT2D eigenvalue weighted by molar-refractivity contribution is 9.10. The van der Waals surface area contributed by atoms with Crippen molar-refractivity contribution in [3.05, 3.63) is 34.3 Å². The van der Waals surface area contributed by atoms with Crippen LogP contribution in [0.1, 0.15) is 18.4 Å². The highest BCUT2D eigenvalue weighted by atomic mass is 79.9. The molecule has 2 saturated heterocycles. The lowest BCUT2D eigenvalue weighted by Crippen LogP contribution is -2.47. The molecule has 0 aromatic heterocycles. The van der Waals surface area contributed by atoms with E-state index in [1.54, 1.807) is 0 Å². The summed E-state index contributed by atoms with van der Waals surface area (Å²) in [6.45, 7) is 6.21. The van der Waals surface area contributed by atoms with E-state index in [-0.39, 0.29) is 0 Å². The van der Waals surface area contributed by atoms with Gasteiger partial charge in [-0.3, -0.25) is 9.80 Å². The van der Waals surface area contributed by atoms with Crippen LogP contribution in [-0.2, 0) is 6.54 Å². The molecule has 0 N–H and O–H groups in total. The minimum atomic E-state index is 0.842. The molecule has 2 aliphatic heterocycles. The first kappa shape index (κ1) is 14.9. The van der Waals surface area contributed by atoms with Gasteiger partial charge in [0.05, 0.1) is 0 Å². The zero-order chi connectivity index (χ0) is 13.8. The Hall–Kier alpha value is -0.0300. The maximum absolute atomic E-state index is 3.56. The van der Waals surface area contributed by atoms with Crippen LogP contribution in [0.15, 0.2) is 28.7 Å². The quantitative estimate of drug-likeness (QED) is 0.820. The lowest BCUT2D eigenvalue weighted by molar-refractivity contribution is 0.112. The second-order valence-electron chi connectivity index (χ2n) is 5.79. The Morgan fingerprint density at radius 2 is 1.85 bits per heavy atom. The first-order valence-corrected chi connectivity index (χ1v) is 9.54. The molecule has 1 aromatic rings. The van der Waals surface area contributed by atoms with Crippen molar-refractivity contribution in [2.24, 2.45) is 0 Å². The predicted octanol–water partition coefficient (Wildman–Crippen LogP) is 3.46. The van der Waals surface area contributed by atoms with Gasteiger partial charge in [0.2, 0.25) is 0 Å². The van der Waals surface area contributed by atoms with E-state index in [0.29, 0.717) is 0 Å². The summed E-state index contributed by atoms with van der Waals surface area (Å²) in [7, 11) is 0. The minimum Gasteiger partial charge on any atom is -0.299 e. The van der Waals surface area contributed by atoms with Gasteiger partial charge in [-0.2, -0.15) is 11.8 Å². The van der Waals surface area contributed by atoms with Crippen LogP contribution in [-0.4, -0.2) is 53.5 Å². The summed E-state index contributed by atoms with van der Waals surface area (Å²) in [6.07, 6.45) is 2.69.